The Morgan fingerprint density at radius 2 is 1.75 bits per heavy atom. The van der Waals surface area contributed by atoms with Crippen LogP contribution in [0.15, 0.2) is 59.1 Å². The summed E-state index contributed by atoms with van der Waals surface area (Å²) in [6.07, 6.45) is -0.887. The van der Waals surface area contributed by atoms with Crippen molar-refractivity contribution in [3.05, 3.63) is 82.7 Å². The van der Waals surface area contributed by atoms with E-state index in [2.05, 4.69) is 5.16 Å². The van der Waals surface area contributed by atoms with Crippen LogP contribution in [-0.4, -0.2) is 23.0 Å². The Morgan fingerprint density at radius 3 is 2.43 bits per heavy atom. The molecule has 0 bridgehead atoms. The van der Waals surface area contributed by atoms with Crippen LogP contribution in [0.2, 0.25) is 0 Å². The number of nitrogens with zero attached hydrogens (tertiary/aromatic N) is 1. The van der Waals surface area contributed by atoms with Gasteiger partial charge in [0.1, 0.15) is 18.1 Å². The Balaban J connectivity index is 1.64. The molecular weight excluding hydrogens is 358 g/mol. The first-order valence-electron chi connectivity index (χ1n) is 8.90. The second-order valence-electron chi connectivity index (χ2n) is 6.40. The van der Waals surface area contributed by atoms with E-state index < -0.39 is 12.1 Å². The number of aromatic nitrogens is 1. The maximum atomic E-state index is 12.4. The molecule has 0 saturated carbocycles. The van der Waals surface area contributed by atoms with Crippen LogP contribution in [0.4, 0.5) is 0 Å². The summed E-state index contributed by atoms with van der Waals surface area (Å²) in [6.45, 7) is 5.50. The van der Waals surface area contributed by atoms with Gasteiger partial charge < -0.3 is 14.0 Å². The molecule has 0 aliphatic carbocycles. The highest BCUT2D eigenvalue weighted by atomic mass is 16.5. The molecule has 0 saturated heterocycles. The number of carbonyl (C=O) groups excluding carboxylic acids is 2. The summed E-state index contributed by atoms with van der Waals surface area (Å²) in [7, 11) is 0. The summed E-state index contributed by atoms with van der Waals surface area (Å²) < 4.78 is 16.2. The zero-order valence-electron chi connectivity index (χ0n) is 16.0. The van der Waals surface area contributed by atoms with E-state index in [9.17, 15) is 9.59 Å². The summed E-state index contributed by atoms with van der Waals surface area (Å²) in [5.74, 6) is 0.372. The molecule has 0 spiro atoms. The number of hydrogen-bond acceptors (Lipinski definition) is 6. The van der Waals surface area contributed by atoms with Gasteiger partial charge >= 0.3 is 5.97 Å². The molecule has 0 amide bonds. The second-order valence-corrected chi connectivity index (χ2v) is 6.40. The summed E-state index contributed by atoms with van der Waals surface area (Å²) in [5, 5.41) is 3.89. The van der Waals surface area contributed by atoms with E-state index in [4.69, 9.17) is 14.0 Å². The van der Waals surface area contributed by atoms with Crippen molar-refractivity contribution in [1.29, 1.82) is 0 Å². The maximum Gasteiger partial charge on any atom is 0.338 e. The third-order valence-electron chi connectivity index (χ3n) is 4.35. The maximum absolute atomic E-state index is 12.4. The van der Waals surface area contributed by atoms with Gasteiger partial charge in [-0.1, -0.05) is 41.6 Å². The summed E-state index contributed by atoms with van der Waals surface area (Å²) in [6, 6.07) is 15.4. The monoisotopic (exact) mass is 379 g/mol. The lowest BCUT2D eigenvalue weighted by Crippen LogP contribution is -2.24. The minimum atomic E-state index is -0.887. The number of Topliss-reactive ketones (excluding diaryl/α,β-unsaturated/α-hetero) is 1. The highest BCUT2D eigenvalue weighted by Crippen LogP contribution is 2.19. The van der Waals surface area contributed by atoms with Crippen molar-refractivity contribution in [3.63, 3.8) is 0 Å². The Morgan fingerprint density at radius 1 is 1.04 bits per heavy atom. The molecule has 3 rings (SSSR count). The predicted molar refractivity (Wildman–Crippen MR) is 102 cm³/mol. The zero-order valence-corrected chi connectivity index (χ0v) is 16.0. The number of aryl methyl sites for hydroxylation is 2. The molecule has 0 aliphatic heterocycles. The Bertz CT molecular complexity index is 958. The van der Waals surface area contributed by atoms with Crippen LogP contribution in [-0.2, 0) is 11.3 Å². The molecular formula is C22H21NO5. The van der Waals surface area contributed by atoms with Crippen LogP contribution in [0.25, 0.3) is 0 Å². The molecule has 0 N–H and O–H groups in total. The van der Waals surface area contributed by atoms with Crippen LogP contribution < -0.4 is 4.74 Å². The highest BCUT2D eigenvalue weighted by molar-refractivity contribution is 6.01. The van der Waals surface area contributed by atoms with Crippen LogP contribution in [0.1, 0.15) is 44.7 Å². The third-order valence-corrected chi connectivity index (χ3v) is 4.35. The molecule has 6 heteroatoms. The van der Waals surface area contributed by atoms with Crippen LogP contribution in [0, 0.1) is 13.8 Å². The van der Waals surface area contributed by atoms with Crippen molar-refractivity contribution in [2.24, 2.45) is 0 Å². The number of ketones is 1. The lowest BCUT2D eigenvalue weighted by molar-refractivity contribution is 0.0318. The fourth-order valence-electron chi connectivity index (χ4n) is 2.70. The van der Waals surface area contributed by atoms with Crippen molar-refractivity contribution in [2.45, 2.75) is 33.5 Å². The molecule has 0 aliphatic rings. The third kappa shape index (κ3) is 4.46. The van der Waals surface area contributed by atoms with E-state index in [1.807, 2.05) is 19.9 Å². The lowest BCUT2D eigenvalue weighted by Gasteiger charge is -2.13. The molecule has 0 radical (unpaired) electrons. The van der Waals surface area contributed by atoms with Gasteiger partial charge in [0.25, 0.3) is 0 Å². The fourth-order valence-corrected chi connectivity index (χ4v) is 2.70. The second kappa shape index (κ2) is 8.52. The van der Waals surface area contributed by atoms with Crippen molar-refractivity contribution in [1.82, 2.24) is 5.16 Å². The number of esters is 1. The lowest BCUT2D eigenvalue weighted by atomic mass is 10.1. The number of hydrogen-bond donors (Lipinski definition) is 0. The average Bonchev–Trinajstić information content (AvgIpc) is 3.04. The van der Waals surface area contributed by atoms with Crippen molar-refractivity contribution >= 4 is 11.8 Å². The van der Waals surface area contributed by atoms with E-state index in [-0.39, 0.29) is 12.4 Å². The molecule has 0 fully saturated rings. The van der Waals surface area contributed by atoms with Crippen LogP contribution in [0.5, 0.6) is 5.75 Å². The van der Waals surface area contributed by atoms with Crippen molar-refractivity contribution < 1.29 is 23.6 Å². The van der Waals surface area contributed by atoms with Gasteiger partial charge in [0.2, 0.25) is 5.78 Å². The standard InChI is InChI=1S/C22H21NO5/c1-14-20(15(2)28-23-14)13-26-19-11-7-10-18(12-19)22(25)27-16(3)21(24)17-8-5-4-6-9-17/h4-12,16H,13H2,1-3H3/t16-/m1/s1. The van der Waals surface area contributed by atoms with Gasteiger partial charge in [-0.15, -0.1) is 0 Å². The topological polar surface area (TPSA) is 78.6 Å². The number of carbonyl (C=O) groups is 2. The molecule has 1 heterocycles. The van der Waals surface area contributed by atoms with Gasteiger partial charge in [-0.3, -0.25) is 4.79 Å². The minimum Gasteiger partial charge on any atom is -0.489 e. The number of benzene rings is 2. The predicted octanol–water partition coefficient (Wildman–Crippen LogP) is 4.30. The highest BCUT2D eigenvalue weighted by Gasteiger charge is 2.20. The molecule has 0 unspecified atom stereocenters. The first kappa shape index (κ1) is 19.4. The zero-order chi connectivity index (χ0) is 20.1. The molecule has 1 aromatic heterocycles. The van der Waals surface area contributed by atoms with E-state index in [1.165, 1.54) is 0 Å². The molecule has 3 aromatic rings. The number of rotatable bonds is 7. The number of ether oxygens (including phenoxy) is 2. The SMILES string of the molecule is Cc1noc(C)c1COc1cccc(C(=O)O[C@H](C)C(=O)c2ccccc2)c1. The molecule has 144 valence electrons. The van der Waals surface area contributed by atoms with Gasteiger partial charge in [-0.05, 0) is 39.0 Å². The largest absolute Gasteiger partial charge is 0.489 e. The Labute approximate surface area is 163 Å². The Kier molecular flexibility index (Phi) is 5.89. The van der Waals surface area contributed by atoms with Gasteiger partial charge in [0.05, 0.1) is 16.8 Å². The molecule has 6 nitrogen and oxygen atoms in total. The summed E-state index contributed by atoms with van der Waals surface area (Å²) in [4.78, 5) is 24.8. The van der Waals surface area contributed by atoms with Crippen molar-refractivity contribution in [3.8, 4) is 5.75 Å². The normalized spacial score (nSPS) is 11.7. The quantitative estimate of drug-likeness (QED) is 0.450. The van der Waals surface area contributed by atoms with Gasteiger partial charge in [0.15, 0.2) is 6.10 Å². The smallest absolute Gasteiger partial charge is 0.338 e. The summed E-state index contributed by atoms with van der Waals surface area (Å²) in [5.41, 5.74) is 2.44. The van der Waals surface area contributed by atoms with E-state index >= 15 is 0 Å². The van der Waals surface area contributed by atoms with Crippen molar-refractivity contribution in [2.75, 3.05) is 0 Å². The van der Waals surface area contributed by atoms with Crippen LogP contribution >= 0.6 is 0 Å². The Hall–Kier alpha value is -3.41. The summed E-state index contributed by atoms with van der Waals surface area (Å²) >= 11 is 0. The van der Waals surface area contributed by atoms with E-state index in [0.29, 0.717) is 22.6 Å². The minimum absolute atomic E-state index is 0.250. The fraction of sp³-hybridized carbons (Fsp3) is 0.227. The first-order valence-corrected chi connectivity index (χ1v) is 8.90. The molecule has 1 atom stereocenters. The first-order chi connectivity index (χ1) is 13.5. The van der Waals surface area contributed by atoms with Crippen LogP contribution in [0.3, 0.4) is 0 Å². The van der Waals surface area contributed by atoms with Gasteiger partial charge in [0, 0.05) is 5.56 Å². The van der Waals surface area contributed by atoms with E-state index in [0.717, 1.165) is 11.3 Å². The average molecular weight is 379 g/mol. The van der Waals surface area contributed by atoms with Gasteiger partial charge in [-0.2, -0.15) is 0 Å². The molecule has 28 heavy (non-hydrogen) atoms. The van der Waals surface area contributed by atoms with Gasteiger partial charge in [-0.25, -0.2) is 4.79 Å². The molecule has 2 aromatic carbocycles. The van der Waals surface area contributed by atoms with E-state index in [1.54, 1.807) is 55.5 Å².